The van der Waals surface area contributed by atoms with E-state index in [0.717, 1.165) is 32.1 Å². The summed E-state index contributed by atoms with van der Waals surface area (Å²) in [6.45, 7) is 6.05. The first-order valence-corrected chi connectivity index (χ1v) is 9.08. The Labute approximate surface area is 152 Å². The minimum Gasteiger partial charge on any atom is -0.484 e. The maximum absolute atomic E-state index is 12.5. The average Bonchev–Trinajstić information content (AvgIpc) is 3.01. The van der Waals surface area contributed by atoms with Crippen LogP contribution in [0.25, 0.3) is 10.2 Å². The first-order chi connectivity index (χ1) is 11.9. The number of carbonyl (C=O) groups excluding carboxylic acids is 1. The van der Waals surface area contributed by atoms with Gasteiger partial charge >= 0.3 is 0 Å². The van der Waals surface area contributed by atoms with Gasteiger partial charge in [-0.05, 0) is 56.2 Å². The summed E-state index contributed by atoms with van der Waals surface area (Å²) in [6.07, 6.45) is 0. The number of likely N-dealkylation sites (N-methyl/N-ethyl adjacent to an activating group) is 1. The molecule has 0 aliphatic carbocycles. The number of rotatable bonds is 5. The molecule has 0 unspecified atom stereocenters. The maximum Gasteiger partial charge on any atom is 0.260 e. The minimum atomic E-state index is -0.0901. The van der Waals surface area contributed by atoms with Crippen molar-refractivity contribution in [2.45, 2.75) is 26.8 Å². The number of thiazole rings is 1. The monoisotopic (exact) mass is 354 g/mol. The number of ether oxygens (including phenoxy) is 1. The van der Waals surface area contributed by atoms with Gasteiger partial charge in [-0.1, -0.05) is 18.2 Å². The number of hydrogen-bond acceptors (Lipinski definition) is 4. The van der Waals surface area contributed by atoms with Crippen LogP contribution in [-0.4, -0.2) is 29.4 Å². The van der Waals surface area contributed by atoms with Crippen molar-refractivity contribution >= 4 is 27.5 Å². The number of fused-ring (bicyclic) bond motifs is 1. The number of benzene rings is 2. The van der Waals surface area contributed by atoms with E-state index in [1.165, 1.54) is 0 Å². The van der Waals surface area contributed by atoms with Crippen molar-refractivity contribution in [2.24, 2.45) is 0 Å². The molecule has 25 heavy (non-hydrogen) atoms. The molecule has 0 aliphatic heterocycles. The molecular weight excluding hydrogens is 332 g/mol. The molecule has 1 heterocycles. The first kappa shape index (κ1) is 17.4. The Balaban J connectivity index is 1.66. The van der Waals surface area contributed by atoms with Crippen molar-refractivity contribution in [1.82, 2.24) is 9.88 Å². The normalized spacial score (nSPS) is 12.2. The highest BCUT2D eigenvalue weighted by molar-refractivity contribution is 7.18. The van der Waals surface area contributed by atoms with Crippen LogP contribution in [0.4, 0.5) is 0 Å². The molecule has 0 aliphatic rings. The molecular formula is C20H22N2O2S. The zero-order chi connectivity index (χ0) is 18.0. The Hall–Kier alpha value is -2.40. The number of nitrogens with zero attached hydrogens (tertiary/aromatic N) is 2. The lowest BCUT2D eigenvalue weighted by Crippen LogP contribution is -2.33. The number of carbonyl (C=O) groups is 1. The molecule has 5 heteroatoms. The van der Waals surface area contributed by atoms with Crippen molar-refractivity contribution in [3.63, 3.8) is 0 Å². The molecule has 0 bridgehead atoms. The van der Waals surface area contributed by atoms with E-state index in [-0.39, 0.29) is 18.6 Å². The second-order valence-electron chi connectivity index (χ2n) is 6.31. The lowest BCUT2D eigenvalue weighted by atomic mass is 10.1. The van der Waals surface area contributed by atoms with E-state index in [9.17, 15) is 4.79 Å². The Morgan fingerprint density at radius 2 is 1.88 bits per heavy atom. The van der Waals surface area contributed by atoms with Crippen LogP contribution in [0.3, 0.4) is 0 Å². The highest BCUT2D eigenvalue weighted by atomic mass is 32.1. The van der Waals surface area contributed by atoms with E-state index >= 15 is 0 Å². The van der Waals surface area contributed by atoms with Gasteiger partial charge in [0.05, 0.1) is 16.3 Å². The van der Waals surface area contributed by atoms with Gasteiger partial charge < -0.3 is 9.64 Å². The fraction of sp³-hybridized carbons (Fsp3) is 0.300. The molecule has 4 nitrogen and oxygen atoms in total. The van der Waals surface area contributed by atoms with Crippen LogP contribution in [0.1, 0.15) is 29.1 Å². The summed E-state index contributed by atoms with van der Waals surface area (Å²) in [5.41, 5.74) is 3.22. The van der Waals surface area contributed by atoms with Crippen molar-refractivity contribution in [3.8, 4) is 5.75 Å². The Kier molecular flexibility index (Phi) is 5.04. The number of hydrogen-bond donors (Lipinski definition) is 0. The molecule has 3 rings (SSSR count). The Morgan fingerprint density at radius 1 is 1.20 bits per heavy atom. The molecule has 1 amide bonds. The van der Waals surface area contributed by atoms with Crippen molar-refractivity contribution in [1.29, 1.82) is 0 Å². The smallest absolute Gasteiger partial charge is 0.260 e. The Bertz CT molecular complexity index is 850. The van der Waals surface area contributed by atoms with Gasteiger partial charge in [0.25, 0.3) is 5.91 Å². The summed E-state index contributed by atoms with van der Waals surface area (Å²) < 4.78 is 6.82. The second-order valence-corrected chi connectivity index (χ2v) is 7.37. The lowest BCUT2D eigenvalue weighted by Gasteiger charge is -2.23. The summed E-state index contributed by atoms with van der Waals surface area (Å²) in [5.74, 6) is 0.665. The van der Waals surface area contributed by atoms with Gasteiger partial charge in [-0.2, -0.15) is 0 Å². The van der Waals surface area contributed by atoms with Gasteiger partial charge in [0.1, 0.15) is 10.8 Å². The summed E-state index contributed by atoms with van der Waals surface area (Å²) in [4.78, 5) is 18.8. The second kappa shape index (κ2) is 7.23. The van der Waals surface area contributed by atoms with Gasteiger partial charge in [0.15, 0.2) is 6.61 Å². The van der Waals surface area contributed by atoms with E-state index in [4.69, 9.17) is 4.74 Å². The average molecular weight is 354 g/mol. The summed E-state index contributed by atoms with van der Waals surface area (Å²) >= 11 is 1.62. The van der Waals surface area contributed by atoms with Crippen LogP contribution in [0.15, 0.2) is 42.5 Å². The molecule has 0 fully saturated rings. The molecule has 0 spiro atoms. The molecule has 0 saturated heterocycles. The van der Waals surface area contributed by atoms with Crippen LogP contribution < -0.4 is 4.74 Å². The minimum absolute atomic E-state index is 0.0224. The van der Waals surface area contributed by atoms with Gasteiger partial charge in [-0.3, -0.25) is 4.79 Å². The lowest BCUT2D eigenvalue weighted by molar-refractivity contribution is -0.134. The number of amides is 1. The SMILES string of the molecule is Cc1cc(C)cc(OCC(=O)N(C)[C@@H](C)c2nc3ccccc3s2)c1. The zero-order valence-electron chi connectivity index (χ0n) is 14.9. The predicted octanol–water partition coefficient (Wildman–Crippen LogP) is 4.51. The summed E-state index contributed by atoms with van der Waals surface area (Å²) in [6, 6.07) is 13.9. The standard InChI is InChI=1S/C20H22N2O2S/c1-13-9-14(2)11-16(10-13)24-12-19(23)22(4)15(3)20-21-17-7-5-6-8-18(17)25-20/h5-11,15H,12H2,1-4H3/t15-/m0/s1. The van der Waals surface area contributed by atoms with Gasteiger partial charge in [-0.25, -0.2) is 4.98 Å². The highest BCUT2D eigenvalue weighted by Gasteiger charge is 2.21. The fourth-order valence-electron chi connectivity index (χ4n) is 2.71. The van der Waals surface area contributed by atoms with E-state index in [1.54, 1.807) is 23.3 Å². The van der Waals surface area contributed by atoms with Gasteiger partial charge in [0.2, 0.25) is 0 Å². The van der Waals surface area contributed by atoms with Crippen molar-refractivity contribution in [3.05, 3.63) is 58.6 Å². The molecule has 1 atom stereocenters. The Morgan fingerprint density at radius 3 is 2.56 bits per heavy atom. The molecule has 0 radical (unpaired) electrons. The molecule has 0 saturated carbocycles. The molecule has 3 aromatic rings. The number of aryl methyl sites for hydroxylation is 2. The largest absolute Gasteiger partial charge is 0.484 e. The van der Waals surface area contributed by atoms with E-state index < -0.39 is 0 Å². The van der Waals surface area contributed by atoms with Crippen LogP contribution in [-0.2, 0) is 4.79 Å². The van der Waals surface area contributed by atoms with Crippen LogP contribution >= 0.6 is 11.3 Å². The van der Waals surface area contributed by atoms with Crippen LogP contribution in [0, 0.1) is 13.8 Å². The third-order valence-electron chi connectivity index (χ3n) is 4.20. The zero-order valence-corrected chi connectivity index (χ0v) is 15.8. The van der Waals surface area contributed by atoms with Gasteiger partial charge in [-0.15, -0.1) is 11.3 Å². The van der Waals surface area contributed by atoms with E-state index in [0.29, 0.717) is 0 Å². The quantitative estimate of drug-likeness (QED) is 0.677. The third kappa shape index (κ3) is 3.99. The first-order valence-electron chi connectivity index (χ1n) is 8.26. The molecule has 2 aromatic carbocycles. The number of para-hydroxylation sites is 1. The highest BCUT2D eigenvalue weighted by Crippen LogP contribution is 2.28. The number of aromatic nitrogens is 1. The van der Waals surface area contributed by atoms with E-state index in [2.05, 4.69) is 11.1 Å². The molecule has 130 valence electrons. The summed E-state index contributed by atoms with van der Waals surface area (Å²) in [5, 5.41) is 0.934. The van der Waals surface area contributed by atoms with Gasteiger partial charge in [0, 0.05) is 7.05 Å². The fourth-order valence-corrected chi connectivity index (χ4v) is 3.78. The summed E-state index contributed by atoms with van der Waals surface area (Å²) in [7, 11) is 1.80. The third-order valence-corrected chi connectivity index (χ3v) is 5.41. The van der Waals surface area contributed by atoms with Crippen LogP contribution in [0.2, 0.25) is 0 Å². The van der Waals surface area contributed by atoms with Crippen molar-refractivity contribution < 1.29 is 9.53 Å². The van der Waals surface area contributed by atoms with E-state index in [1.807, 2.05) is 57.2 Å². The molecule has 0 N–H and O–H groups in total. The topological polar surface area (TPSA) is 42.4 Å². The molecule has 1 aromatic heterocycles. The maximum atomic E-state index is 12.5. The van der Waals surface area contributed by atoms with Crippen molar-refractivity contribution in [2.75, 3.05) is 13.7 Å². The predicted molar refractivity (Wildman–Crippen MR) is 102 cm³/mol. The van der Waals surface area contributed by atoms with Crippen LogP contribution in [0.5, 0.6) is 5.75 Å².